The van der Waals surface area contributed by atoms with Crippen molar-refractivity contribution in [2.75, 3.05) is 26.3 Å². The number of ether oxygens (including phenoxy) is 3. The third-order valence-electron chi connectivity index (χ3n) is 5.82. The molecule has 3 aromatic carbocycles. The third-order valence-corrected chi connectivity index (χ3v) is 5.82. The molecule has 1 amide bonds. The van der Waals surface area contributed by atoms with Gasteiger partial charge in [0.1, 0.15) is 35.1 Å². The molecule has 5 rings (SSSR count). The van der Waals surface area contributed by atoms with Crippen molar-refractivity contribution in [2.45, 2.75) is 6.29 Å². The second-order valence-electron chi connectivity index (χ2n) is 8.09. The Morgan fingerprint density at radius 3 is 2.39 bits per heavy atom. The molecule has 9 nitrogen and oxygen atoms in total. The van der Waals surface area contributed by atoms with Crippen LogP contribution in [-0.2, 0) is 9.39 Å². The van der Waals surface area contributed by atoms with E-state index in [4.69, 9.17) is 24.1 Å². The summed E-state index contributed by atoms with van der Waals surface area (Å²) in [5.41, 5.74) is 1.97. The molecule has 1 unspecified atom stereocenters. The van der Waals surface area contributed by atoms with Gasteiger partial charge in [-0.1, -0.05) is 0 Å². The summed E-state index contributed by atoms with van der Waals surface area (Å²) >= 11 is 0. The normalized spacial score (nSPS) is 16.3. The maximum absolute atomic E-state index is 12.7. The fourth-order valence-corrected chi connectivity index (χ4v) is 3.96. The summed E-state index contributed by atoms with van der Waals surface area (Å²) in [6.45, 7) is 2.18. The number of benzene rings is 3. The van der Waals surface area contributed by atoms with Gasteiger partial charge in [-0.25, -0.2) is 0 Å². The van der Waals surface area contributed by atoms with Gasteiger partial charge in [0.05, 0.1) is 24.3 Å². The lowest BCUT2D eigenvalue weighted by Gasteiger charge is -2.26. The number of fused-ring (bicyclic) bond motifs is 1. The number of hydrogen-bond acceptors (Lipinski definition) is 8. The highest BCUT2D eigenvalue weighted by atomic mass is 16.6. The van der Waals surface area contributed by atoms with E-state index in [1.54, 1.807) is 47.4 Å². The molecule has 177 valence electrons. The van der Waals surface area contributed by atoms with Crippen LogP contribution in [0.5, 0.6) is 23.0 Å². The highest BCUT2D eigenvalue weighted by molar-refractivity contribution is 6.50. The van der Waals surface area contributed by atoms with Gasteiger partial charge in [-0.2, -0.15) is 10.5 Å². The van der Waals surface area contributed by atoms with Crippen molar-refractivity contribution < 1.29 is 28.8 Å². The van der Waals surface area contributed by atoms with Crippen LogP contribution < -0.4 is 14.9 Å². The average Bonchev–Trinajstić information content (AvgIpc) is 3.29. The number of carbonyl (C=O) groups excluding carboxylic acids is 1. The van der Waals surface area contributed by atoms with Gasteiger partial charge in [0.25, 0.3) is 5.91 Å². The molecule has 1 saturated heterocycles. The van der Waals surface area contributed by atoms with E-state index in [0.29, 0.717) is 65.9 Å². The van der Waals surface area contributed by atoms with Crippen LogP contribution in [0, 0.1) is 22.7 Å². The Balaban J connectivity index is 1.38. The van der Waals surface area contributed by atoms with Crippen molar-refractivity contribution in [1.82, 2.24) is 4.90 Å². The molecule has 1 atom stereocenters. The van der Waals surface area contributed by atoms with Gasteiger partial charge < -0.3 is 28.9 Å². The second-order valence-corrected chi connectivity index (χ2v) is 8.09. The minimum absolute atomic E-state index is 0.0620. The molecule has 1 N–H and O–H groups in total. The van der Waals surface area contributed by atoms with Crippen molar-refractivity contribution in [1.29, 1.82) is 10.5 Å². The first-order valence-electron chi connectivity index (χ1n) is 11.2. The van der Waals surface area contributed by atoms with Crippen molar-refractivity contribution in [3.05, 3.63) is 76.9 Å². The number of aliphatic hydroxyl groups excluding tert-OH is 1. The van der Waals surface area contributed by atoms with E-state index in [1.807, 2.05) is 12.1 Å². The first-order valence-corrected chi connectivity index (χ1v) is 11.2. The van der Waals surface area contributed by atoms with Crippen molar-refractivity contribution in [2.24, 2.45) is 0 Å². The summed E-state index contributed by atoms with van der Waals surface area (Å²) in [7, 11) is 1.39. The van der Waals surface area contributed by atoms with E-state index in [0.717, 1.165) is 0 Å². The van der Waals surface area contributed by atoms with Crippen LogP contribution in [0.25, 0.3) is 0 Å². The third kappa shape index (κ3) is 4.74. The van der Waals surface area contributed by atoms with Gasteiger partial charge in [-0.15, -0.1) is 0 Å². The number of rotatable bonds is 5. The number of nitriles is 2. The largest absolute Gasteiger partial charge is 0.458 e. The number of morpholine rings is 1. The SMILES string of the molecule is N#Cc1ccc(Oc2cc(Oc3ccc(C(=O)N4CCOCC4)cc3)cc3c2[B]OC3O)cc1C#N. The van der Waals surface area contributed by atoms with Gasteiger partial charge in [-0.05, 0) is 54.0 Å². The van der Waals surface area contributed by atoms with E-state index in [9.17, 15) is 15.2 Å². The Kier molecular flexibility index (Phi) is 6.57. The van der Waals surface area contributed by atoms with Gasteiger partial charge in [0.15, 0.2) is 6.29 Å². The Bertz CT molecular complexity index is 1390. The molecule has 36 heavy (non-hydrogen) atoms. The standard InChI is InChI=1S/C26H19BN3O6/c28-14-17-3-6-20(11-18(17)15-29)35-23-13-21(12-22-24(23)27-36-26(22)32)34-19-4-1-16(2-5-19)25(31)30-7-9-33-10-8-30/h1-6,11-13,26,32H,7-10H2. The molecule has 0 saturated carbocycles. The Morgan fingerprint density at radius 2 is 1.67 bits per heavy atom. The summed E-state index contributed by atoms with van der Waals surface area (Å²) in [5, 5.41) is 28.7. The molecule has 0 aliphatic carbocycles. The van der Waals surface area contributed by atoms with Gasteiger partial charge in [-0.3, -0.25) is 4.79 Å². The lowest BCUT2D eigenvalue weighted by molar-refractivity contribution is -0.00806. The van der Waals surface area contributed by atoms with E-state index < -0.39 is 6.29 Å². The Hall–Kier alpha value is -4.35. The highest BCUT2D eigenvalue weighted by Crippen LogP contribution is 2.34. The topological polar surface area (TPSA) is 125 Å². The van der Waals surface area contributed by atoms with Crippen LogP contribution in [0.1, 0.15) is 33.3 Å². The highest BCUT2D eigenvalue weighted by Gasteiger charge is 2.28. The van der Waals surface area contributed by atoms with Crippen LogP contribution in [0.15, 0.2) is 54.6 Å². The molecule has 0 bridgehead atoms. The van der Waals surface area contributed by atoms with E-state index in [1.165, 1.54) is 19.6 Å². The number of amides is 1. The molecule has 10 heteroatoms. The quantitative estimate of drug-likeness (QED) is 0.553. The zero-order chi connectivity index (χ0) is 25.1. The van der Waals surface area contributed by atoms with E-state index in [-0.39, 0.29) is 17.0 Å². The summed E-state index contributed by atoms with van der Waals surface area (Å²) < 4.78 is 22.5. The van der Waals surface area contributed by atoms with E-state index in [2.05, 4.69) is 0 Å². The molecule has 2 aliphatic heterocycles. The molecule has 2 heterocycles. The number of carbonyl (C=O) groups is 1. The predicted octanol–water partition coefficient (Wildman–Crippen LogP) is 2.75. The lowest BCUT2D eigenvalue weighted by atomic mass is 9.86. The Labute approximate surface area is 207 Å². The Morgan fingerprint density at radius 1 is 0.944 bits per heavy atom. The van der Waals surface area contributed by atoms with Gasteiger partial charge >= 0.3 is 7.48 Å². The smallest absolute Gasteiger partial charge is 0.338 e. The van der Waals surface area contributed by atoms with Gasteiger partial charge in [0, 0.05) is 30.3 Å². The molecule has 2 aliphatic rings. The fraction of sp³-hybridized carbons (Fsp3) is 0.192. The zero-order valence-corrected chi connectivity index (χ0v) is 19.0. The van der Waals surface area contributed by atoms with Crippen LogP contribution in [-0.4, -0.2) is 49.7 Å². The van der Waals surface area contributed by atoms with Crippen LogP contribution >= 0.6 is 0 Å². The zero-order valence-electron chi connectivity index (χ0n) is 19.0. The first-order chi connectivity index (χ1) is 17.6. The molecular formula is C26H19BN3O6. The minimum Gasteiger partial charge on any atom is -0.458 e. The van der Waals surface area contributed by atoms with E-state index >= 15 is 0 Å². The van der Waals surface area contributed by atoms with Crippen molar-refractivity contribution >= 4 is 18.9 Å². The second kappa shape index (κ2) is 10.1. The number of nitrogens with zero attached hydrogens (tertiary/aromatic N) is 3. The maximum atomic E-state index is 12.7. The van der Waals surface area contributed by atoms with Crippen molar-refractivity contribution in [3.63, 3.8) is 0 Å². The molecular weight excluding hydrogens is 461 g/mol. The molecule has 0 aromatic heterocycles. The first kappa shape index (κ1) is 23.4. The summed E-state index contributed by atoms with van der Waals surface area (Å²) in [6, 6.07) is 18.6. The number of aliphatic hydroxyl groups is 1. The summed E-state index contributed by atoms with van der Waals surface area (Å²) in [5.74, 6) is 1.48. The molecule has 3 aromatic rings. The van der Waals surface area contributed by atoms with Gasteiger partial charge in [0.2, 0.25) is 0 Å². The average molecular weight is 480 g/mol. The summed E-state index contributed by atoms with van der Waals surface area (Å²) in [4.78, 5) is 14.4. The molecule has 1 radical (unpaired) electrons. The molecule has 0 spiro atoms. The maximum Gasteiger partial charge on any atom is 0.338 e. The molecule has 1 fully saturated rings. The monoisotopic (exact) mass is 480 g/mol. The van der Waals surface area contributed by atoms with Crippen LogP contribution in [0.3, 0.4) is 0 Å². The fourth-order valence-electron chi connectivity index (χ4n) is 3.96. The number of hydrogen-bond donors (Lipinski definition) is 1. The van der Waals surface area contributed by atoms with Crippen LogP contribution in [0.4, 0.5) is 0 Å². The lowest BCUT2D eigenvalue weighted by Crippen LogP contribution is -2.40. The summed E-state index contributed by atoms with van der Waals surface area (Å²) in [6.07, 6.45) is -1.19. The predicted molar refractivity (Wildman–Crippen MR) is 127 cm³/mol. The van der Waals surface area contributed by atoms with Crippen LogP contribution in [0.2, 0.25) is 0 Å². The minimum atomic E-state index is -1.19. The van der Waals surface area contributed by atoms with Crippen molar-refractivity contribution in [3.8, 4) is 35.1 Å².